The van der Waals surface area contributed by atoms with Gasteiger partial charge in [0.25, 0.3) is 0 Å². The number of halogens is 1. The second kappa shape index (κ2) is 7.33. The normalized spacial score (nSPS) is 10.8. The van der Waals surface area contributed by atoms with Gasteiger partial charge in [-0.3, -0.25) is 0 Å². The fourth-order valence-electron chi connectivity index (χ4n) is 1.88. The zero-order valence-electron chi connectivity index (χ0n) is 11.8. The number of unbranched alkanes of at least 4 members (excludes halogenated alkanes) is 2. The van der Waals surface area contributed by atoms with Crippen LogP contribution in [0.2, 0.25) is 0 Å². The summed E-state index contributed by atoms with van der Waals surface area (Å²) in [6.45, 7) is 3.98. The lowest BCUT2D eigenvalue weighted by molar-refractivity contribution is 0.400. The summed E-state index contributed by atoms with van der Waals surface area (Å²) in [6.07, 6.45) is 4.41. The summed E-state index contributed by atoms with van der Waals surface area (Å²) < 4.78 is 21.9. The minimum atomic E-state index is -0.197. The van der Waals surface area contributed by atoms with Crippen molar-refractivity contribution in [2.75, 3.05) is 4.72 Å². The predicted molar refractivity (Wildman–Crippen MR) is 80.3 cm³/mol. The van der Waals surface area contributed by atoms with Crippen molar-refractivity contribution in [3.63, 3.8) is 0 Å². The first-order valence-corrected chi connectivity index (χ1v) is 7.65. The molecule has 108 valence electrons. The van der Waals surface area contributed by atoms with E-state index in [1.807, 2.05) is 13.0 Å². The smallest absolute Gasteiger partial charge is 0.179 e. The van der Waals surface area contributed by atoms with E-state index in [0.29, 0.717) is 10.7 Å². The fraction of sp³-hybridized carbons (Fsp3) is 0.400. The third-order valence-electron chi connectivity index (χ3n) is 2.96. The Morgan fingerprint density at radius 2 is 2.15 bits per heavy atom. The molecule has 20 heavy (non-hydrogen) atoms. The number of nitrogens with one attached hydrogen (secondary N) is 1. The van der Waals surface area contributed by atoms with Gasteiger partial charge in [0.1, 0.15) is 11.6 Å². The van der Waals surface area contributed by atoms with Gasteiger partial charge in [-0.15, -0.1) is 0 Å². The van der Waals surface area contributed by atoms with Crippen LogP contribution in [-0.2, 0) is 6.42 Å². The molecule has 0 saturated heterocycles. The first-order chi connectivity index (χ1) is 9.69. The number of nitrogens with zero attached hydrogens (tertiary/aromatic N) is 1. The van der Waals surface area contributed by atoms with Crippen molar-refractivity contribution in [1.29, 1.82) is 0 Å². The van der Waals surface area contributed by atoms with Crippen molar-refractivity contribution in [3.8, 4) is 0 Å². The van der Waals surface area contributed by atoms with E-state index < -0.39 is 0 Å². The topological polar surface area (TPSA) is 38.1 Å². The third kappa shape index (κ3) is 4.27. The van der Waals surface area contributed by atoms with Gasteiger partial charge in [0.2, 0.25) is 0 Å². The first-order valence-electron chi connectivity index (χ1n) is 6.83. The van der Waals surface area contributed by atoms with E-state index in [4.69, 9.17) is 4.52 Å². The summed E-state index contributed by atoms with van der Waals surface area (Å²) in [5.74, 6) is 1.12. The largest absolute Gasteiger partial charge is 0.360 e. The highest BCUT2D eigenvalue weighted by molar-refractivity contribution is 8.00. The predicted octanol–water partition coefficient (Wildman–Crippen LogP) is 4.97. The molecule has 0 aliphatic carbocycles. The van der Waals surface area contributed by atoms with Crippen LogP contribution < -0.4 is 4.72 Å². The molecule has 1 N–H and O–H groups in total. The maximum atomic E-state index is 14.0. The summed E-state index contributed by atoms with van der Waals surface area (Å²) in [5, 5.41) is 3.80. The second-order valence-corrected chi connectivity index (χ2v) is 5.60. The Labute approximate surface area is 123 Å². The number of aryl methyl sites for hydroxylation is 2. The van der Waals surface area contributed by atoms with Gasteiger partial charge in [-0.05, 0) is 49.4 Å². The van der Waals surface area contributed by atoms with E-state index in [9.17, 15) is 4.39 Å². The van der Waals surface area contributed by atoms with Crippen LogP contribution in [0.5, 0.6) is 0 Å². The van der Waals surface area contributed by atoms with Gasteiger partial charge in [-0.25, -0.2) is 4.39 Å². The van der Waals surface area contributed by atoms with E-state index in [1.54, 1.807) is 18.2 Å². The molecule has 0 saturated carbocycles. The van der Waals surface area contributed by atoms with Crippen molar-refractivity contribution >= 4 is 17.8 Å². The summed E-state index contributed by atoms with van der Waals surface area (Å²) in [6, 6.07) is 7.18. The molecule has 5 heteroatoms. The number of aromatic nitrogens is 1. The lowest BCUT2D eigenvalue weighted by atomic mass is 10.1. The number of anilines is 1. The van der Waals surface area contributed by atoms with Crippen LogP contribution in [0.4, 0.5) is 10.2 Å². The Hall–Kier alpha value is -1.49. The van der Waals surface area contributed by atoms with Crippen molar-refractivity contribution in [2.24, 2.45) is 0 Å². The van der Waals surface area contributed by atoms with Gasteiger partial charge in [0.05, 0.1) is 4.90 Å². The molecular formula is C15H19FN2OS. The van der Waals surface area contributed by atoms with Crippen LogP contribution in [0.25, 0.3) is 0 Å². The number of benzene rings is 1. The van der Waals surface area contributed by atoms with Crippen LogP contribution in [-0.4, -0.2) is 5.16 Å². The summed E-state index contributed by atoms with van der Waals surface area (Å²) >= 11 is 1.20. The molecule has 0 spiro atoms. The third-order valence-corrected chi connectivity index (χ3v) is 3.82. The molecule has 0 atom stereocenters. The van der Waals surface area contributed by atoms with E-state index in [2.05, 4.69) is 16.8 Å². The SMILES string of the molecule is CCCCCc1ccc(SNc2cc(C)on2)c(F)c1. The molecule has 2 rings (SSSR count). The first kappa shape index (κ1) is 14.9. The molecule has 1 aromatic carbocycles. The van der Waals surface area contributed by atoms with Crippen molar-refractivity contribution < 1.29 is 8.91 Å². The van der Waals surface area contributed by atoms with Gasteiger partial charge >= 0.3 is 0 Å². The maximum absolute atomic E-state index is 14.0. The van der Waals surface area contributed by atoms with Gasteiger partial charge in [-0.1, -0.05) is 31.0 Å². The van der Waals surface area contributed by atoms with Gasteiger partial charge in [0.15, 0.2) is 5.82 Å². The van der Waals surface area contributed by atoms with E-state index in [-0.39, 0.29) is 5.82 Å². The molecule has 0 radical (unpaired) electrons. The summed E-state index contributed by atoms with van der Waals surface area (Å²) in [4.78, 5) is 0.560. The standard InChI is InChI=1S/C15H19FN2OS/c1-3-4-5-6-12-7-8-14(13(16)10-12)20-18-15-9-11(2)19-17-15/h7-10H,3-6H2,1-2H3,(H,17,18). The molecule has 2 aromatic rings. The highest BCUT2D eigenvalue weighted by Crippen LogP contribution is 2.24. The molecule has 0 aliphatic rings. The van der Waals surface area contributed by atoms with Gasteiger partial charge < -0.3 is 9.25 Å². The summed E-state index contributed by atoms with van der Waals surface area (Å²) in [7, 11) is 0. The van der Waals surface area contributed by atoms with Gasteiger partial charge in [0, 0.05) is 6.07 Å². The van der Waals surface area contributed by atoms with E-state index in [1.165, 1.54) is 24.8 Å². The molecule has 0 fully saturated rings. The molecule has 0 bridgehead atoms. The molecule has 0 aliphatic heterocycles. The maximum Gasteiger partial charge on any atom is 0.179 e. The Morgan fingerprint density at radius 1 is 1.30 bits per heavy atom. The zero-order chi connectivity index (χ0) is 14.4. The monoisotopic (exact) mass is 294 g/mol. The Kier molecular flexibility index (Phi) is 5.47. The zero-order valence-corrected chi connectivity index (χ0v) is 12.6. The molecule has 1 heterocycles. The molecule has 0 unspecified atom stereocenters. The minimum absolute atomic E-state index is 0.197. The number of rotatable bonds is 7. The lowest BCUT2D eigenvalue weighted by Gasteiger charge is -2.06. The van der Waals surface area contributed by atoms with Crippen molar-refractivity contribution in [1.82, 2.24) is 5.16 Å². The van der Waals surface area contributed by atoms with Crippen LogP contribution in [0.1, 0.15) is 37.5 Å². The highest BCUT2D eigenvalue weighted by atomic mass is 32.2. The Morgan fingerprint density at radius 3 is 2.80 bits per heavy atom. The molecule has 1 aromatic heterocycles. The van der Waals surface area contributed by atoms with Crippen LogP contribution in [0.3, 0.4) is 0 Å². The Balaban J connectivity index is 1.92. The number of hydrogen-bond acceptors (Lipinski definition) is 4. The van der Waals surface area contributed by atoms with E-state index >= 15 is 0 Å². The van der Waals surface area contributed by atoms with Gasteiger partial charge in [-0.2, -0.15) is 0 Å². The second-order valence-electron chi connectivity index (χ2n) is 4.75. The average Bonchev–Trinajstić information content (AvgIpc) is 2.84. The lowest BCUT2D eigenvalue weighted by Crippen LogP contribution is -1.92. The van der Waals surface area contributed by atoms with Crippen molar-refractivity contribution in [3.05, 3.63) is 41.4 Å². The highest BCUT2D eigenvalue weighted by Gasteiger charge is 2.06. The fourth-order valence-corrected chi connectivity index (χ4v) is 2.49. The van der Waals surface area contributed by atoms with E-state index in [0.717, 1.165) is 24.2 Å². The van der Waals surface area contributed by atoms with Crippen LogP contribution >= 0.6 is 11.9 Å². The molecular weight excluding hydrogens is 275 g/mol. The minimum Gasteiger partial charge on any atom is -0.360 e. The van der Waals surface area contributed by atoms with Crippen LogP contribution in [0.15, 0.2) is 33.7 Å². The Bertz CT molecular complexity index is 557. The molecule has 3 nitrogen and oxygen atoms in total. The summed E-state index contributed by atoms with van der Waals surface area (Å²) in [5.41, 5.74) is 1.05. The van der Waals surface area contributed by atoms with Crippen molar-refractivity contribution in [2.45, 2.75) is 44.4 Å². The average molecular weight is 294 g/mol. The quantitative estimate of drug-likeness (QED) is 0.577. The van der Waals surface area contributed by atoms with Crippen LogP contribution in [0, 0.1) is 12.7 Å². The number of hydrogen-bond donors (Lipinski definition) is 1. The molecule has 0 amide bonds.